The quantitative estimate of drug-likeness (QED) is 0.739. The lowest BCUT2D eigenvalue weighted by Crippen LogP contribution is -2.16. The highest BCUT2D eigenvalue weighted by Gasteiger charge is 2.17. The van der Waals surface area contributed by atoms with Gasteiger partial charge in [-0.1, -0.05) is 6.07 Å². The summed E-state index contributed by atoms with van der Waals surface area (Å²) in [5.41, 5.74) is 5.49. The molecule has 6 heteroatoms. The highest BCUT2D eigenvalue weighted by Crippen LogP contribution is 2.26. The Morgan fingerprint density at radius 3 is 2.65 bits per heavy atom. The van der Waals surface area contributed by atoms with Crippen LogP contribution in [0.1, 0.15) is 15.9 Å². The molecule has 0 spiro atoms. The third-order valence-corrected chi connectivity index (χ3v) is 2.92. The van der Waals surface area contributed by atoms with Gasteiger partial charge in [0.2, 0.25) is 0 Å². The molecule has 0 saturated heterocycles. The van der Waals surface area contributed by atoms with Crippen LogP contribution in [0.5, 0.6) is 5.75 Å². The average Bonchev–Trinajstić information content (AvgIpc) is 2.42. The minimum atomic E-state index is -1.23. The third-order valence-electron chi connectivity index (χ3n) is 2.92. The first-order chi connectivity index (χ1) is 9.41. The number of hydrogen-bond acceptors (Lipinski definition) is 3. The number of amides is 1. The summed E-state index contributed by atoms with van der Waals surface area (Å²) in [5.74, 6) is -3.08. The number of nitrogens with two attached hydrogens (primary N) is 1. The van der Waals surface area contributed by atoms with E-state index in [1.165, 1.54) is 25.1 Å². The lowest BCUT2D eigenvalue weighted by Gasteiger charge is -2.11. The lowest BCUT2D eigenvalue weighted by atomic mass is 10.1. The number of hydrogen-bond donors (Lipinski definition) is 3. The number of benzene rings is 2. The molecule has 2 rings (SSSR count). The number of nitrogen functional groups attached to an aromatic ring is 1. The number of halogens is 2. The normalized spacial score (nSPS) is 10.3. The van der Waals surface area contributed by atoms with Crippen LogP contribution in [-0.2, 0) is 0 Å². The first kappa shape index (κ1) is 13.8. The Morgan fingerprint density at radius 2 is 1.95 bits per heavy atom. The van der Waals surface area contributed by atoms with E-state index in [0.29, 0.717) is 5.56 Å². The Bertz CT molecular complexity index is 687. The fourth-order valence-electron chi connectivity index (χ4n) is 1.74. The Morgan fingerprint density at radius 1 is 1.25 bits per heavy atom. The van der Waals surface area contributed by atoms with E-state index < -0.39 is 23.2 Å². The van der Waals surface area contributed by atoms with E-state index in [-0.39, 0.29) is 17.0 Å². The summed E-state index contributed by atoms with van der Waals surface area (Å²) in [4.78, 5) is 12.0. The Labute approximate surface area is 113 Å². The minimum Gasteiger partial charge on any atom is -0.508 e. The second-order valence-corrected chi connectivity index (χ2v) is 4.23. The highest BCUT2D eigenvalue weighted by atomic mass is 19.2. The van der Waals surface area contributed by atoms with Gasteiger partial charge in [0.05, 0.1) is 5.69 Å². The largest absolute Gasteiger partial charge is 0.508 e. The van der Waals surface area contributed by atoms with Crippen LogP contribution in [0.15, 0.2) is 30.3 Å². The van der Waals surface area contributed by atoms with Crippen molar-refractivity contribution in [2.75, 3.05) is 11.1 Å². The van der Waals surface area contributed by atoms with E-state index in [1.807, 2.05) is 0 Å². The molecule has 0 atom stereocenters. The van der Waals surface area contributed by atoms with Crippen molar-refractivity contribution in [3.63, 3.8) is 0 Å². The van der Waals surface area contributed by atoms with Crippen molar-refractivity contribution < 1.29 is 18.7 Å². The number of anilines is 2. The molecule has 4 nitrogen and oxygen atoms in total. The van der Waals surface area contributed by atoms with Gasteiger partial charge < -0.3 is 16.2 Å². The van der Waals surface area contributed by atoms with Crippen molar-refractivity contribution in [1.82, 2.24) is 0 Å². The van der Waals surface area contributed by atoms with Gasteiger partial charge in [0.25, 0.3) is 5.91 Å². The summed E-state index contributed by atoms with van der Waals surface area (Å²) in [6, 6.07) is 6.38. The molecule has 1 amide bonds. The molecule has 0 aromatic heterocycles. The molecule has 0 aliphatic carbocycles. The van der Waals surface area contributed by atoms with Crippen molar-refractivity contribution in [2.24, 2.45) is 0 Å². The van der Waals surface area contributed by atoms with Gasteiger partial charge in [-0.05, 0) is 31.2 Å². The predicted molar refractivity (Wildman–Crippen MR) is 71.6 cm³/mol. The van der Waals surface area contributed by atoms with Crippen molar-refractivity contribution >= 4 is 17.3 Å². The molecule has 104 valence electrons. The molecule has 0 heterocycles. The van der Waals surface area contributed by atoms with Gasteiger partial charge in [0.1, 0.15) is 11.4 Å². The summed E-state index contributed by atoms with van der Waals surface area (Å²) < 4.78 is 26.7. The van der Waals surface area contributed by atoms with Crippen molar-refractivity contribution in [1.29, 1.82) is 0 Å². The molecule has 0 saturated carbocycles. The van der Waals surface area contributed by atoms with Gasteiger partial charge in [0, 0.05) is 11.1 Å². The number of carbonyl (C=O) groups excluding carboxylic acids is 1. The molecule has 0 unspecified atom stereocenters. The average molecular weight is 278 g/mol. The minimum absolute atomic E-state index is 0.0645. The number of phenolic OH excluding ortho intramolecular Hbond substituents is 1. The zero-order valence-corrected chi connectivity index (χ0v) is 10.6. The van der Waals surface area contributed by atoms with Crippen LogP contribution in [0, 0.1) is 18.6 Å². The summed E-state index contributed by atoms with van der Waals surface area (Å²) >= 11 is 0. The molecule has 2 aromatic rings. The van der Waals surface area contributed by atoms with Gasteiger partial charge >= 0.3 is 0 Å². The molecule has 0 aliphatic heterocycles. The molecule has 0 radical (unpaired) electrons. The van der Waals surface area contributed by atoms with E-state index in [1.54, 1.807) is 0 Å². The van der Waals surface area contributed by atoms with E-state index in [2.05, 4.69) is 5.32 Å². The van der Waals surface area contributed by atoms with Gasteiger partial charge in [-0.2, -0.15) is 0 Å². The first-order valence-corrected chi connectivity index (χ1v) is 5.75. The summed E-state index contributed by atoms with van der Waals surface area (Å²) in [7, 11) is 0. The predicted octanol–water partition coefficient (Wildman–Crippen LogP) is 2.81. The Hall–Kier alpha value is -2.63. The van der Waals surface area contributed by atoms with Crippen LogP contribution in [0.2, 0.25) is 0 Å². The third kappa shape index (κ3) is 2.40. The zero-order chi connectivity index (χ0) is 14.9. The molecular weight excluding hydrogens is 266 g/mol. The van der Waals surface area contributed by atoms with E-state index in [4.69, 9.17) is 5.73 Å². The second-order valence-electron chi connectivity index (χ2n) is 4.23. The van der Waals surface area contributed by atoms with Gasteiger partial charge in [-0.15, -0.1) is 0 Å². The maximum Gasteiger partial charge on any atom is 0.256 e. The highest BCUT2D eigenvalue weighted by molar-refractivity contribution is 6.07. The van der Waals surface area contributed by atoms with Crippen LogP contribution < -0.4 is 11.1 Å². The summed E-state index contributed by atoms with van der Waals surface area (Å²) in [6.07, 6.45) is 0. The number of nitrogens with one attached hydrogen (secondary N) is 1. The Balaban J connectivity index is 2.38. The standard InChI is InChI=1S/C14H12F2N2O2/c1-7-8(3-2-4-11(7)19)14(20)18-13-10(17)6-5-9(15)12(13)16/h2-6,19H,17H2,1H3,(H,18,20). The lowest BCUT2D eigenvalue weighted by molar-refractivity contribution is 0.102. The molecule has 2 aromatic carbocycles. The second kappa shape index (κ2) is 5.16. The molecule has 0 bridgehead atoms. The van der Waals surface area contributed by atoms with Crippen LogP contribution in [0.25, 0.3) is 0 Å². The summed E-state index contributed by atoms with van der Waals surface area (Å²) in [6.45, 7) is 1.54. The zero-order valence-electron chi connectivity index (χ0n) is 10.6. The molecule has 0 fully saturated rings. The molecular formula is C14H12F2N2O2. The molecule has 20 heavy (non-hydrogen) atoms. The number of carbonyl (C=O) groups is 1. The number of phenols is 1. The van der Waals surface area contributed by atoms with Crippen LogP contribution in [0.3, 0.4) is 0 Å². The molecule has 0 aliphatic rings. The first-order valence-electron chi connectivity index (χ1n) is 5.75. The fourth-order valence-corrected chi connectivity index (χ4v) is 1.74. The fraction of sp³-hybridized carbons (Fsp3) is 0.0714. The number of rotatable bonds is 2. The van der Waals surface area contributed by atoms with Crippen molar-refractivity contribution in [3.05, 3.63) is 53.1 Å². The Kier molecular flexibility index (Phi) is 3.56. The summed E-state index contributed by atoms with van der Waals surface area (Å²) in [5, 5.41) is 11.7. The van der Waals surface area contributed by atoms with Crippen molar-refractivity contribution in [2.45, 2.75) is 6.92 Å². The topological polar surface area (TPSA) is 75.3 Å². The van der Waals surface area contributed by atoms with Crippen LogP contribution >= 0.6 is 0 Å². The SMILES string of the molecule is Cc1c(O)cccc1C(=O)Nc1c(N)ccc(F)c1F. The van der Waals surface area contributed by atoms with E-state index >= 15 is 0 Å². The maximum absolute atomic E-state index is 13.6. The van der Waals surface area contributed by atoms with E-state index in [9.17, 15) is 18.7 Å². The monoisotopic (exact) mass is 278 g/mol. The van der Waals surface area contributed by atoms with Crippen LogP contribution in [0.4, 0.5) is 20.2 Å². The molecule has 4 N–H and O–H groups in total. The van der Waals surface area contributed by atoms with Crippen LogP contribution in [-0.4, -0.2) is 11.0 Å². The maximum atomic E-state index is 13.6. The van der Waals surface area contributed by atoms with Crippen molar-refractivity contribution in [3.8, 4) is 5.75 Å². The van der Waals surface area contributed by atoms with Gasteiger partial charge in [0.15, 0.2) is 11.6 Å². The smallest absolute Gasteiger partial charge is 0.256 e. The van der Waals surface area contributed by atoms with Gasteiger partial charge in [-0.25, -0.2) is 8.78 Å². The number of aromatic hydroxyl groups is 1. The van der Waals surface area contributed by atoms with Gasteiger partial charge in [-0.3, -0.25) is 4.79 Å². The van der Waals surface area contributed by atoms with E-state index in [0.717, 1.165) is 12.1 Å².